The van der Waals surface area contributed by atoms with Crippen LogP contribution in [0.4, 0.5) is 5.69 Å². The zero-order valence-corrected chi connectivity index (χ0v) is 16.8. The number of anilines is 1. The smallest absolute Gasteiger partial charge is 0.265 e. The normalized spacial score (nSPS) is 12.2. The minimum atomic E-state index is -0.704. The summed E-state index contributed by atoms with van der Waals surface area (Å²) in [5.74, 6) is 0.129. The summed E-state index contributed by atoms with van der Waals surface area (Å²) in [7, 11) is 0. The second-order valence-corrected chi connectivity index (χ2v) is 7.70. The lowest BCUT2D eigenvalue weighted by Gasteiger charge is -2.22. The molecule has 0 aliphatic heterocycles. The molecular weight excluding hydrogens is 340 g/mol. The molecule has 0 fully saturated rings. The first-order chi connectivity index (χ1) is 12.6. The number of carbonyl (C=O) groups is 2. The Morgan fingerprint density at radius 2 is 1.67 bits per heavy atom. The summed E-state index contributed by atoms with van der Waals surface area (Å²) in [6, 6.07) is 12.7. The number of hydrogen-bond donors (Lipinski definition) is 2. The number of hydrogen-bond acceptors (Lipinski definition) is 3. The van der Waals surface area contributed by atoms with Crippen LogP contribution in [0.2, 0.25) is 0 Å². The van der Waals surface area contributed by atoms with E-state index in [0.29, 0.717) is 17.0 Å². The molecule has 2 aromatic carbocycles. The third kappa shape index (κ3) is 5.58. The summed E-state index contributed by atoms with van der Waals surface area (Å²) in [6.07, 6.45) is -0.704. The molecule has 2 N–H and O–H groups in total. The van der Waals surface area contributed by atoms with E-state index in [0.717, 1.165) is 11.1 Å². The minimum absolute atomic E-state index is 0.235. The van der Waals surface area contributed by atoms with Crippen molar-refractivity contribution >= 4 is 17.5 Å². The Morgan fingerprint density at radius 1 is 1.00 bits per heavy atom. The molecule has 0 unspecified atom stereocenters. The number of carbonyl (C=O) groups excluding carboxylic acids is 2. The Morgan fingerprint density at radius 3 is 2.33 bits per heavy atom. The summed E-state index contributed by atoms with van der Waals surface area (Å²) in [6.45, 7) is 11.4. The molecule has 2 rings (SSSR count). The van der Waals surface area contributed by atoms with Crippen molar-refractivity contribution < 1.29 is 14.3 Å². The maximum absolute atomic E-state index is 12.6. The van der Waals surface area contributed by atoms with Gasteiger partial charge in [-0.25, -0.2) is 0 Å². The van der Waals surface area contributed by atoms with Gasteiger partial charge in [0.05, 0.1) is 11.3 Å². The molecule has 0 aliphatic carbocycles. The van der Waals surface area contributed by atoms with Gasteiger partial charge in [0.1, 0.15) is 5.75 Å². The van der Waals surface area contributed by atoms with Crippen molar-refractivity contribution in [2.24, 2.45) is 0 Å². The topological polar surface area (TPSA) is 67.4 Å². The number of nitrogens with one attached hydrogen (secondary N) is 2. The second-order valence-electron chi connectivity index (χ2n) is 7.70. The van der Waals surface area contributed by atoms with Crippen LogP contribution >= 0.6 is 0 Å². The molecule has 1 atom stereocenters. The number of ether oxygens (including phenoxy) is 1. The number of benzene rings is 2. The monoisotopic (exact) mass is 368 g/mol. The lowest BCUT2D eigenvalue weighted by molar-refractivity contribution is -0.122. The van der Waals surface area contributed by atoms with Crippen LogP contribution in [-0.2, 0) is 4.79 Å². The summed E-state index contributed by atoms with van der Waals surface area (Å²) in [4.78, 5) is 25.1. The van der Waals surface area contributed by atoms with Crippen molar-refractivity contribution in [3.05, 3.63) is 59.2 Å². The van der Waals surface area contributed by atoms with Gasteiger partial charge in [-0.2, -0.15) is 0 Å². The van der Waals surface area contributed by atoms with Crippen molar-refractivity contribution in [2.45, 2.75) is 53.2 Å². The van der Waals surface area contributed by atoms with Crippen molar-refractivity contribution in [1.82, 2.24) is 5.32 Å². The molecule has 5 nitrogen and oxygen atoms in total. The van der Waals surface area contributed by atoms with Crippen LogP contribution in [0.1, 0.15) is 49.2 Å². The van der Waals surface area contributed by atoms with E-state index in [1.54, 1.807) is 31.2 Å². The molecule has 0 spiro atoms. The molecule has 5 heteroatoms. The van der Waals surface area contributed by atoms with Crippen LogP contribution in [0, 0.1) is 13.8 Å². The fourth-order valence-corrected chi connectivity index (χ4v) is 2.53. The van der Waals surface area contributed by atoms with Gasteiger partial charge in [-0.15, -0.1) is 0 Å². The van der Waals surface area contributed by atoms with Crippen LogP contribution in [0.5, 0.6) is 5.75 Å². The van der Waals surface area contributed by atoms with E-state index in [4.69, 9.17) is 4.74 Å². The van der Waals surface area contributed by atoms with Gasteiger partial charge in [-0.1, -0.05) is 24.3 Å². The molecule has 0 aliphatic rings. The lowest BCUT2D eigenvalue weighted by atomic mass is 10.1. The van der Waals surface area contributed by atoms with E-state index in [1.165, 1.54) is 0 Å². The maximum Gasteiger partial charge on any atom is 0.265 e. The third-order valence-corrected chi connectivity index (χ3v) is 4.15. The molecule has 0 heterocycles. The van der Waals surface area contributed by atoms with E-state index in [-0.39, 0.29) is 17.4 Å². The van der Waals surface area contributed by atoms with Crippen LogP contribution in [0.3, 0.4) is 0 Å². The van der Waals surface area contributed by atoms with Crippen LogP contribution in [-0.4, -0.2) is 23.5 Å². The molecule has 144 valence electrons. The van der Waals surface area contributed by atoms with Gasteiger partial charge in [0.25, 0.3) is 11.8 Å². The molecular formula is C22H28N2O3. The van der Waals surface area contributed by atoms with Gasteiger partial charge in [0.2, 0.25) is 0 Å². The van der Waals surface area contributed by atoms with Gasteiger partial charge in [-0.05, 0) is 70.9 Å². The first kappa shape index (κ1) is 20.5. The van der Waals surface area contributed by atoms with Crippen LogP contribution in [0.15, 0.2) is 42.5 Å². The number of rotatable bonds is 5. The number of aryl methyl sites for hydroxylation is 1. The molecule has 0 radical (unpaired) electrons. The highest BCUT2D eigenvalue weighted by Gasteiger charge is 2.21. The third-order valence-electron chi connectivity index (χ3n) is 4.15. The van der Waals surface area contributed by atoms with Gasteiger partial charge in [0.15, 0.2) is 6.10 Å². The van der Waals surface area contributed by atoms with Gasteiger partial charge in [0, 0.05) is 5.54 Å². The Kier molecular flexibility index (Phi) is 6.26. The Hall–Kier alpha value is -2.82. The zero-order valence-electron chi connectivity index (χ0n) is 16.8. The second kappa shape index (κ2) is 8.25. The largest absolute Gasteiger partial charge is 0.481 e. The van der Waals surface area contributed by atoms with Gasteiger partial charge < -0.3 is 15.4 Å². The first-order valence-corrected chi connectivity index (χ1v) is 9.04. The van der Waals surface area contributed by atoms with E-state index >= 15 is 0 Å². The number of amides is 2. The number of para-hydroxylation sites is 1. The molecule has 2 aromatic rings. The Labute approximate surface area is 161 Å². The van der Waals surface area contributed by atoms with Crippen LogP contribution < -0.4 is 15.4 Å². The van der Waals surface area contributed by atoms with Crippen molar-refractivity contribution in [1.29, 1.82) is 0 Å². The molecule has 2 amide bonds. The van der Waals surface area contributed by atoms with E-state index in [1.807, 2.05) is 52.8 Å². The summed E-state index contributed by atoms with van der Waals surface area (Å²) >= 11 is 0. The average Bonchev–Trinajstić information content (AvgIpc) is 2.57. The lowest BCUT2D eigenvalue weighted by Crippen LogP contribution is -2.41. The Bertz CT molecular complexity index is 838. The van der Waals surface area contributed by atoms with Gasteiger partial charge in [-0.3, -0.25) is 9.59 Å². The zero-order chi connectivity index (χ0) is 20.2. The summed E-state index contributed by atoms with van der Waals surface area (Å²) < 4.78 is 5.83. The molecule has 27 heavy (non-hydrogen) atoms. The van der Waals surface area contributed by atoms with Crippen LogP contribution in [0.25, 0.3) is 0 Å². The van der Waals surface area contributed by atoms with E-state index < -0.39 is 6.10 Å². The minimum Gasteiger partial charge on any atom is -0.481 e. The standard InChI is InChI=1S/C22H28N2O3/c1-14-10-9-13-19(15(14)2)27-16(3)20(25)23-18-12-8-7-11-17(18)21(26)24-22(4,5)6/h7-13,16H,1-6H3,(H,23,25)(H,24,26)/t16-/m0/s1. The highest BCUT2D eigenvalue weighted by Crippen LogP contribution is 2.22. The Balaban J connectivity index is 2.13. The molecule has 0 saturated heterocycles. The summed E-state index contributed by atoms with van der Waals surface area (Å²) in [5, 5.41) is 5.72. The van der Waals surface area contributed by atoms with Crippen molar-refractivity contribution in [3.8, 4) is 5.75 Å². The van der Waals surface area contributed by atoms with Crippen molar-refractivity contribution in [2.75, 3.05) is 5.32 Å². The molecule has 0 saturated carbocycles. The van der Waals surface area contributed by atoms with Crippen molar-refractivity contribution in [3.63, 3.8) is 0 Å². The predicted octanol–water partition coefficient (Wildman–Crippen LogP) is 4.24. The fourth-order valence-electron chi connectivity index (χ4n) is 2.53. The quantitative estimate of drug-likeness (QED) is 0.829. The fraction of sp³-hybridized carbons (Fsp3) is 0.364. The van der Waals surface area contributed by atoms with E-state index in [2.05, 4.69) is 10.6 Å². The predicted molar refractivity (Wildman–Crippen MR) is 108 cm³/mol. The van der Waals surface area contributed by atoms with E-state index in [9.17, 15) is 9.59 Å². The molecule has 0 aromatic heterocycles. The average molecular weight is 368 g/mol. The highest BCUT2D eigenvalue weighted by atomic mass is 16.5. The first-order valence-electron chi connectivity index (χ1n) is 9.04. The summed E-state index contributed by atoms with van der Waals surface area (Å²) in [5.41, 5.74) is 2.61. The maximum atomic E-state index is 12.6. The molecule has 0 bridgehead atoms. The SMILES string of the molecule is Cc1cccc(O[C@@H](C)C(=O)Nc2ccccc2C(=O)NC(C)(C)C)c1C. The van der Waals surface area contributed by atoms with Gasteiger partial charge >= 0.3 is 0 Å². The highest BCUT2D eigenvalue weighted by molar-refractivity contribution is 6.04.